The topological polar surface area (TPSA) is 51.2 Å². The Morgan fingerprint density at radius 2 is 2.05 bits per heavy atom. The van der Waals surface area contributed by atoms with Gasteiger partial charge in [-0.25, -0.2) is 4.79 Å². The molecular weight excluding hydrogens is 297 g/mol. The number of alkyl halides is 3. The van der Waals surface area contributed by atoms with E-state index in [1.807, 2.05) is 0 Å². The Kier molecular flexibility index (Phi) is 5.96. The van der Waals surface area contributed by atoms with E-state index in [0.717, 1.165) is 18.3 Å². The summed E-state index contributed by atoms with van der Waals surface area (Å²) in [5.74, 6) is 0. The number of nitrogens with zero attached hydrogens (tertiary/aromatic N) is 1. The first-order valence-electron chi connectivity index (χ1n) is 6.74. The van der Waals surface area contributed by atoms with Crippen LogP contribution in [0.3, 0.4) is 0 Å². The second-order valence-electron chi connectivity index (χ2n) is 5.59. The van der Waals surface area contributed by atoms with Crippen molar-refractivity contribution >= 4 is 12.2 Å². The molecule has 4 nitrogen and oxygen atoms in total. The predicted octanol–water partition coefficient (Wildman–Crippen LogP) is 4.03. The molecule has 0 radical (unpaired) electrons. The van der Waals surface area contributed by atoms with Crippen LogP contribution < -0.4 is 5.32 Å². The van der Waals surface area contributed by atoms with Gasteiger partial charge in [-0.1, -0.05) is 6.08 Å². The minimum absolute atomic E-state index is 0.215. The Morgan fingerprint density at radius 3 is 2.64 bits per heavy atom. The molecule has 0 saturated heterocycles. The number of rotatable bonds is 4. The van der Waals surface area contributed by atoms with Crippen LogP contribution in [-0.4, -0.2) is 23.2 Å². The number of nitrogens with one attached hydrogen (secondary N) is 1. The molecule has 122 valence electrons. The molecule has 0 atom stereocenters. The smallest absolute Gasteiger partial charge is 0.416 e. The Morgan fingerprint density at radius 1 is 1.36 bits per heavy atom. The molecule has 1 heterocycles. The molecular formula is C15H19F3N2O2. The molecule has 0 saturated carbocycles. The van der Waals surface area contributed by atoms with Gasteiger partial charge in [0.2, 0.25) is 0 Å². The van der Waals surface area contributed by atoms with Crippen molar-refractivity contribution in [1.82, 2.24) is 10.3 Å². The van der Waals surface area contributed by atoms with E-state index in [4.69, 9.17) is 4.74 Å². The summed E-state index contributed by atoms with van der Waals surface area (Å²) in [6.45, 7) is 5.59. The van der Waals surface area contributed by atoms with Crippen molar-refractivity contribution in [3.05, 3.63) is 35.7 Å². The maximum atomic E-state index is 12.5. The largest absolute Gasteiger partial charge is 0.444 e. The Labute approximate surface area is 127 Å². The minimum atomic E-state index is -4.39. The van der Waals surface area contributed by atoms with Crippen molar-refractivity contribution < 1.29 is 22.7 Å². The molecule has 0 unspecified atom stereocenters. The summed E-state index contributed by atoms with van der Waals surface area (Å²) in [7, 11) is 0. The minimum Gasteiger partial charge on any atom is -0.444 e. The SMILES string of the molecule is CC(C)(C)OC(=O)NCCC=Cc1cc(C(F)(F)F)ccn1. The highest BCUT2D eigenvalue weighted by Crippen LogP contribution is 2.29. The van der Waals surface area contributed by atoms with Gasteiger partial charge in [0.25, 0.3) is 0 Å². The van der Waals surface area contributed by atoms with Gasteiger partial charge in [-0.15, -0.1) is 0 Å². The van der Waals surface area contributed by atoms with Crippen LogP contribution in [0.5, 0.6) is 0 Å². The van der Waals surface area contributed by atoms with Crippen LogP contribution in [-0.2, 0) is 10.9 Å². The average molecular weight is 316 g/mol. The summed E-state index contributed by atoms with van der Waals surface area (Å²) >= 11 is 0. The summed E-state index contributed by atoms with van der Waals surface area (Å²) in [6.07, 6.45) is -0.230. The Bertz CT molecular complexity index is 534. The predicted molar refractivity (Wildman–Crippen MR) is 77.1 cm³/mol. The maximum Gasteiger partial charge on any atom is 0.416 e. The molecule has 1 aromatic rings. The van der Waals surface area contributed by atoms with E-state index in [9.17, 15) is 18.0 Å². The van der Waals surface area contributed by atoms with E-state index in [0.29, 0.717) is 13.0 Å². The van der Waals surface area contributed by atoms with E-state index < -0.39 is 23.4 Å². The van der Waals surface area contributed by atoms with Crippen molar-refractivity contribution in [3.8, 4) is 0 Å². The van der Waals surface area contributed by atoms with Gasteiger partial charge in [0, 0.05) is 12.7 Å². The highest BCUT2D eigenvalue weighted by atomic mass is 19.4. The van der Waals surface area contributed by atoms with Crippen LogP contribution in [0, 0.1) is 0 Å². The van der Waals surface area contributed by atoms with Crippen LogP contribution in [0.25, 0.3) is 6.08 Å². The second kappa shape index (κ2) is 7.29. The number of ether oxygens (including phenoxy) is 1. The summed E-state index contributed by atoms with van der Waals surface area (Å²) in [5.41, 5.74) is -1.09. The van der Waals surface area contributed by atoms with Gasteiger partial charge < -0.3 is 10.1 Å². The van der Waals surface area contributed by atoms with E-state index in [2.05, 4.69) is 10.3 Å². The fraction of sp³-hybridized carbons (Fsp3) is 0.467. The molecule has 0 spiro atoms. The number of carbonyl (C=O) groups is 1. The lowest BCUT2D eigenvalue weighted by Gasteiger charge is -2.19. The third-order valence-corrected chi connectivity index (χ3v) is 2.38. The zero-order chi connectivity index (χ0) is 16.8. The monoisotopic (exact) mass is 316 g/mol. The van der Waals surface area contributed by atoms with Gasteiger partial charge in [0.15, 0.2) is 0 Å². The summed E-state index contributed by atoms with van der Waals surface area (Å²) in [5, 5.41) is 2.55. The average Bonchev–Trinajstić information content (AvgIpc) is 2.35. The van der Waals surface area contributed by atoms with Crippen LogP contribution >= 0.6 is 0 Å². The second-order valence-corrected chi connectivity index (χ2v) is 5.59. The van der Waals surface area contributed by atoms with Gasteiger partial charge in [0.05, 0.1) is 11.3 Å². The number of halogens is 3. The first-order chi connectivity index (χ1) is 10.1. The molecule has 0 aliphatic heterocycles. The van der Waals surface area contributed by atoms with Gasteiger partial charge >= 0.3 is 12.3 Å². The van der Waals surface area contributed by atoms with Crippen LogP contribution in [0.15, 0.2) is 24.4 Å². The van der Waals surface area contributed by atoms with Gasteiger partial charge in [-0.3, -0.25) is 4.98 Å². The molecule has 1 amide bonds. The summed E-state index contributed by atoms with van der Waals surface area (Å²) in [4.78, 5) is 15.2. The van der Waals surface area contributed by atoms with E-state index in [1.54, 1.807) is 26.8 Å². The van der Waals surface area contributed by atoms with Crippen LogP contribution in [0.2, 0.25) is 0 Å². The van der Waals surface area contributed by atoms with Gasteiger partial charge in [0.1, 0.15) is 5.60 Å². The van der Waals surface area contributed by atoms with E-state index in [-0.39, 0.29) is 5.69 Å². The number of amides is 1. The fourth-order valence-electron chi connectivity index (χ4n) is 1.49. The van der Waals surface area contributed by atoms with E-state index in [1.165, 1.54) is 6.08 Å². The maximum absolute atomic E-state index is 12.5. The number of hydrogen-bond acceptors (Lipinski definition) is 3. The van der Waals surface area contributed by atoms with Crippen molar-refractivity contribution in [2.45, 2.75) is 39.0 Å². The van der Waals surface area contributed by atoms with Crippen molar-refractivity contribution in [3.63, 3.8) is 0 Å². The van der Waals surface area contributed by atoms with Crippen LogP contribution in [0.1, 0.15) is 38.4 Å². The lowest BCUT2D eigenvalue weighted by molar-refractivity contribution is -0.137. The number of pyridine rings is 1. The standard InChI is InChI=1S/C15H19F3N2O2/c1-14(2,3)22-13(21)20-8-5-4-6-12-10-11(7-9-19-12)15(16,17)18/h4,6-7,9-10H,5,8H2,1-3H3,(H,20,21). The first kappa shape index (κ1) is 18.0. The molecule has 0 aliphatic rings. The Balaban J connectivity index is 2.42. The first-order valence-corrected chi connectivity index (χ1v) is 6.74. The quantitative estimate of drug-likeness (QED) is 0.853. The van der Waals surface area contributed by atoms with Crippen LogP contribution in [0.4, 0.5) is 18.0 Å². The van der Waals surface area contributed by atoms with Gasteiger partial charge in [-0.2, -0.15) is 13.2 Å². The number of aromatic nitrogens is 1. The number of carbonyl (C=O) groups excluding carboxylic acids is 1. The Hall–Kier alpha value is -2.05. The molecule has 0 aromatic carbocycles. The van der Waals surface area contributed by atoms with Crippen molar-refractivity contribution in [1.29, 1.82) is 0 Å². The summed E-state index contributed by atoms with van der Waals surface area (Å²) < 4.78 is 42.6. The zero-order valence-corrected chi connectivity index (χ0v) is 12.7. The lowest BCUT2D eigenvalue weighted by Crippen LogP contribution is -2.32. The fourth-order valence-corrected chi connectivity index (χ4v) is 1.49. The van der Waals surface area contributed by atoms with Gasteiger partial charge in [-0.05, 0) is 45.4 Å². The highest BCUT2D eigenvalue weighted by molar-refractivity contribution is 5.67. The molecule has 0 fully saturated rings. The number of alkyl carbamates (subject to hydrolysis) is 1. The molecule has 1 rings (SSSR count). The van der Waals surface area contributed by atoms with Crippen molar-refractivity contribution in [2.75, 3.05) is 6.54 Å². The molecule has 0 aliphatic carbocycles. The molecule has 7 heteroatoms. The third kappa shape index (κ3) is 7.10. The third-order valence-electron chi connectivity index (χ3n) is 2.38. The number of hydrogen-bond donors (Lipinski definition) is 1. The molecule has 1 aromatic heterocycles. The molecule has 0 bridgehead atoms. The lowest BCUT2D eigenvalue weighted by atomic mass is 10.2. The normalized spacial score (nSPS) is 12.5. The molecule has 1 N–H and O–H groups in total. The summed E-state index contributed by atoms with van der Waals surface area (Å²) in [6, 6.07) is 1.89. The van der Waals surface area contributed by atoms with E-state index >= 15 is 0 Å². The zero-order valence-electron chi connectivity index (χ0n) is 12.7. The van der Waals surface area contributed by atoms with Crippen molar-refractivity contribution in [2.24, 2.45) is 0 Å². The highest BCUT2D eigenvalue weighted by Gasteiger charge is 2.30. The molecule has 22 heavy (non-hydrogen) atoms.